The SMILES string of the molecule is C=C(/C=C\C=N)NC(=C)c1ccccc1. The van der Waals surface area contributed by atoms with Crippen molar-refractivity contribution < 1.29 is 0 Å². The van der Waals surface area contributed by atoms with Gasteiger partial charge in [0.1, 0.15) is 0 Å². The van der Waals surface area contributed by atoms with Crippen LogP contribution in [0.5, 0.6) is 0 Å². The molecule has 0 aromatic heterocycles. The lowest BCUT2D eigenvalue weighted by Crippen LogP contribution is -2.08. The van der Waals surface area contributed by atoms with E-state index in [1.807, 2.05) is 30.3 Å². The third-order valence-electron chi connectivity index (χ3n) is 1.83. The summed E-state index contributed by atoms with van der Waals surface area (Å²) in [7, 11) is 0. The highest BCUT2D eigenvalue weighted by Crippen LogP contribution is 2.09. The van der Waals surface area contributed by atoms with Crippen LogP contribution < -0.4 is 5.32 Å². The van der Waals surface area contributed by atoms with Gasteiger partial charge in [0.05, 0.1) is 0 Å². The van der Waals surface area contributed by atoms with Crippen molar-refractivity contribution >= 4 is 11.9 Å². The molecule has 0 amide bonds. The Morgan fingerprint density at radius 3 is 2.47 bits per heavy atom. The van der Waals surface area contributed by atoms with Crippen LogP contribution in [0.4, 0.5) is 0 Å². The van der Waals surface area contributed by atoms with E-state index in [4.69, 9.17) is 5.41 Å². The van der Waals surface area contributed by atoms with Gasteiger partial charge < -0.3 is 10.7 Å². The first-order valence-electron chi connectivity index (χ1n) is 4.61. The molecule has 0 saturated carbocycles. The topological polar surface area (TPSA) is 35.9 Å². The van der Waals surface area contributed by atoms with Gasteiger partial charge in [-0.15, -0.1) is 0 Å². The van der Waals surface area contributed by atoms with Gasteiger partial charge in [0.2, 0.25) is 0 Å². The molecule has 1 rings (SSSR count). The van der Waals surface area contributed by atoms with Crippen LogP contribution in [0.2, 0.25) is 0 Å². The Balaban J connectivity index is 2.61. The maximum absolute atomic E-state index is 6.84. The molecule has 0 radical (unpaired) electrons. The zero-order chi connectivity index (χ0) is 11.1. The van der Waals surface area contributed by atoms with Crippen LogP contribution >= 0.6 is 0 Å². The molecule has 0 aliphatic heterocycles. The summed E-state index contributed by atoms with van der Waals surface area (Å²) >= 11 is 0. The average Bonchev–Trinajstić information content (AvgIpc) is 2.27. The third kappa shape index (κ3) is 3.65. The van der Waals surface area contributed by atoms with E-state index in [0.29, 0.717) is 5.70 Å². The van der Waals surface area contributed by atoms with Crippen molar-refractivity contribution in [1.82, 2.24) is 5.32 Å². The van der Waals surface area contributed by atoms with Crippen molar-refractivity contribution in [3.63, 3.8) is 0 Å². The monoisotopic (exact) mass is 198 g/mol. The number of hydrogen-bond acceptors (Lipinski definition) is 2. The summed E-state index contributed by atoms with van der Waals surface area (Å²) in [6, 6.07) is 9.82. The molecule has 2 N–H and O–H groups in total. The van der Waals surface area contributed by atoms with Gasteiger partial charge in [0.15, 0.2) is 0 Å². The van der Waals surface area contributed by atoms with E-state index >= 15 is 0 Å². The second-order valence-electron chi connectivity index (χ2n) is 3.02. The molecule has 0 aliphatic rings. The normalized spacial score (nSPS) is 9.87. The number of benzene rings is 1. The van der Waals surface area contributed by atoms with E-state index in [2.05, 4.69) is 18.5 Å². The molecule has 0 unspecified atom stereocenters. The standard InChI is InChI=1S/C13H14N2/c1-11(7-6-10-14)15-12(2)13-8-4-3-5-9-13/h3-10,14-15H,1-2H2/b7-6-,14-10?. The Kier molecular flexibility index (Phi) is 4.10. The fourth-order valence-corrected chi connectivity index (χ4v) is 1.11. The summed E-state index contributed by atoms with van der Waals surface area (Å²) in [6.45, 7) is 7.71. The number of nitrogens with one attached hydrogen (secondary N) is 2. The lowest BCUT2D eigenvalue weighted by Gasteiger charge is -2.08. The van der Waals surface area contributed by atoms with Crippen molar-refractivity contribution in [1.29, 1.82) is 5.41 Å². The summed E-state index contributed by atoms with van der Waals surface area (Å²) in [5.74, 6) is 0. The van der Waals surface area contributed by atoms with Crippen LogP contribution in [0.15, 0.2) is 61.3 Å². The molecule has 0 heterocycles. The molecule has 0 bridgehead atoms. The molecule has 0 saturated heterocycles. The zero-order valence-electron chi connectivity index (χ0n) is 8.53. The molecule has 76 valence electrons. The third-order valence-corrected chi connectivity index (χ3v) is 1.83. The van der Waals surface area contributed by atoms with Crippen molar-refractivity contribution in [2.24, 2.45) is 0 Å². The summed E-state index contributed by atoms with van der Waals surface area (Å²) in [5.41, 5.74) is 2.55. The van der Waals surface area contributed by atoms with Crippen molar-refractivity contribution in [2.45, 2.75) is 0 Å². The van der Waals surface area contributed by atoms with Crippen molar-refractivity contribution in [3.05, 3.63) is 66.9 Å². The second-order valence-corrected chi connectivity index (χ2v) is 3.02. The first kappa shape index (κ1) is 11.0. The number of hydrogen-bond donors (Lipinski definition) is 2. The first-order valence-corrected chi connectivity index (χ1v) is 4.61. The Bertz CT molecular complexity index is 388. The van der Waals surface area contributed by atoms with Crippen LogP contribution in [0.3, 0.4) is 0 Å². The van der Waals surface area contributed by atoms with Gasteiger partial charge in [-0.25, -0.2) is 0 Å². The molecule has 0 atom stereocenters. The van der Waals surface area contributed by atoms with Crippen LogP contribution in [0.1, 0.15) is 5.56 Å². The van der Waals surface area contributed by atoms with Crippen LogP contribution in [0.25, 0.3) is 5.70 Å². The number of allylic oxidation sites excluding steroid dienone is 2. The largest absolute Gasteiger partial charge is 0.356 e. The Morgan fingerprint density at radius 1 is 1.20 bits per heavy atom. The molecule has 0 aliphatic carbocycles. The molecule has 0 spiro atoms. The minimum absolute atomic E-state index is 0.715. The Hall–Kier alpha value is -2.09. The van der Waals surface area contributed by atoms with Gasteiger partial charge in [-0.1, -0.05) is 43.5 Å². The van der Waals surface area contributed by atoms with Crippen molar-refractivity contribution in [3.8, 4) is 0 Å². The summed E-state index contributed by atoms with van der Waals surface area (Å²) in [6.07, 6.45) is 4.53. The van der Waals surface area contributed by atoms with E-state index in [0.717, 1.165) is 11.3 Å². The highest BCUT2D eigenvalue weighted by Gasteiger charge is 1.96. The molecule has 0 fully saturated rings. The second kappa shape index (κ2) is 5.60. The highest BCUT2D eigenvalue weighted by molar-refractivity contribution is 5.69. The Morgan fingerprint density at radius 2 is 1.87 bits per heavy atom. The lowest BCUT2D eigenvalue weighted by atomic mass is 10.2. The van der Waals surface area contributed by atoms with Gasteiger partial charge in [-0.2, -0.15) is 0 Å². The molecular formula is C13H14N2. The zero-order valence-corrected chi connectivity index (χ0v) is 8.53. The van der Waals surface area contributed by atoms with E-state index < -0.39 is 0 Å². The molecule has 15 heavy (non-hydrogen) atoms. The molecule has 2 heteroatoms. The maximum atomic E-state index is 6.84. The molecule has 2 nitrogen and oxygen atoms in total. The maximum Gasteiger partial charge on any atom is 0.0384 e. The van der Waals surface area contributed by atoms with E-state index in [-0.39, 0.29) is 0 Å². The summed E-state index contributed by atoms with van der Waals surface area (Å²) < 4.78 is 0. The molecule has 1 aromatic rings. The number of rotatable bonds is 5. The van der Waals surface area contributed by atoms with Crippen LogP contribution in [-0.4, -0.2) is 6.21 Å². The lowest BCUT2D eigenvalue weighted by molar-refractivity contribution is 1.15. The average molecular weight is 198 g/mol. The van der Waals surface area contributed by atoms with E-state index in [1.54, 1.807) is 12.2 Å². The smallest absolute Gasteiger partial charge is 0.0384 e. The Labute approximate surface area is 90.2 Å². The van der Waals surface area contributed by atoms with E-state index in [9.17, 15) is 0 Å². The first-order chi connectivity index (χ1) is 7.24. The van der Waals surface area contributed by atoms with Gasteiger partial charge in [0, 0.05) is 17.6 Å². The summed E-state index contributed by atoms with van der Waals surface area (Å²) in [4.78, 5) is 0. The van der Waals surface area contributed by atoms with Gasteiger partial charge in [0.25, 0.3) is 0 Å². The van der Waals surface area contributed by atoms with Crippen LogP contribution in [-0.2, 0) is 0 Å². The highest BCUT2D eigenvalue weighted by atomic mass is 14.9. The molecule has 1 aromatic carbocycles. The minimum Gasteiger partial charge on any atom is -0.356 e. The quantitative estimate of drug-likeness (QED) is 0.553. The van der Waals surface area contributed by atoms with Gasteiger partial charge in [-0.3, -0.25) is 0 Å². The van der Waals surface area contributed by atoms with E-state index in [1.165, 1.54) is 6.21 Å². The van der Waals surface area contributed by atoms with Gasteiger partial charge >= 0.3 is 0 Å². The predicted octanol–water partition coefficient (Wildman–Crippen LogP) is 2.97. The van der Waals surface area contributed by atoms with Crippen molar-refractivity contribution in [2.75, 3.05) is 0 Å². The molecular weight excluding hydrogens is 184 g/mol. The minimum atomic E-state index is 0.715. The van der Waals surface area contributed by atoms with Crippen LogP contribution in [0, 0.1) is 5.41 Å². The predicted molar refractivity (Wildman–Crippen MR) is 65.7 cm³/mol. The fourth-order valence-electron chi connectivity index (χ4n) is 1.11. The fraction of sp³-hybridized carbons (Fsp3) is 0. The summed E-state index contributed by atoms with van der Waals surface area (Å²) in [5, 5.41) is 9.89. The van der Waals surface area contributed by atoms with Gasteiger partial charge in [-0.05, 0) is 17.7 Å².